The van der Waals surface area contributed by atoms with Crippen molar-refractivity contribution in [3.8, 4) is 0 Å². The van der Waals surface area contributed by atoms with E-state index in [2.05, 4.69) is 80.3 Å². The molecular formula is C23H31NO2SSi. The summed E-state index contributed by atoms with van der Waals surface area (Å²) in [5.41, 5.74) is 2.31. The summed E-state index contributed by atoms with van der Waals surface area (Å²) in [6.07, 6.45) is 0.938. The first-order chi connectivity index (χ1) is 13.7. The molecule has 4 rings (SSSR count). The van der Waals surface area contributed by atoms with Crippen LogP contribution in [-0.4, -0.2) is 27.0 Å². The second-order valence-corrected chi connectivity index (χ2v) is 13.5. The molecule has 0 bridgehead atoms. The molecule has 0 radical (unpaired) electrons. The number of anilines is 1. The first-order valence-electron chi connectivity index (χ1n) is 10.5. The Balaban J connectivity index is 1.68. The lowest BCUT2D eigenvalue weighted by molar-refractivity contribution is -0.0177. The van der Waals surface area contributed by atoms with Crippen LogP contribution in [0.4, 0.5) is 5.69 Å². The zero-order valence-electron chi connectivity index (χ0n) is 17.2. The van der Waals surface area contributed by atoms with Gasteiger partial charge in [0.1, 0.15) is 5.60 Å². The van der Waals surface area contributed by atoms with Crippen LogP contribution in [0.15, 0.2) is 59.5 Å². The van der Waals surface area contributed by atoms with E-state index in [0.29, 0.717) is 0 Å². The Morgan fingerprint density at radius 1 is 1.04 bits per heavy atom. The Hall–Kier alpha value is -1.27. The average molecular weight is 414 g/mol. The van der Waals surface area contributed by atoms with Crippen LogP contribution in [0.1, 0.15) is 32.8 Å². The topological polar surface area (TPSA) is 21.7 Å². The first kappa shape index (κ1) is 20.0. The van der Waals surface area contributed by atoms with Crippen molar-refractivity contribution in [1.29, 1.82) is 0 Å². The minimum Gasteiger partial charge on any atom is -0.403 e. The molecule has 28 heavy (non-hydrogen) atoms. The zero-order chi connectivity index (χ0) is 19.6. The molecule has 2 heterocycles. The maximum Gasteiger partial charge on any atom is 0.193 e. The quantitative estimate of drug-likeness (QED) is 0.378. The number of benzene rings is 2. The van der Waals surface area contributed by atoms with E-state index in [1.54, 1.807) is 0 Å². The van der Waals surface area contributed by atoms with Crippen molar-refractivity contribution in [2.75, 3.05) is 17.4 Å². The van der Waals surface area contributed by atoms with Crippen molar-refractivity contribution in [1.82, 2.24) is 0 Å². The molecule has 2 aromatic rings. The molecule has 0 spiro atoms. The molecule has 0 N–H and O–H groups in total. The van der Waals surface area contributed by atoms with Crippen molar-refractivity contribution in [3.05, 3.63) is 60.2 Å². The van der Waals surface area contributed by atoms with Crippen molar-refractivity contribution >= 4 is 25.8 Å². The molecule has 3 nitrogen and oxygen atoms in total. The molecule has 0 amide bonds. The maximum absolute atomic E-state index is 7.23. The van der Waals surface area contributed by atoms with Crippen LogP contribution in [0.25, 0.3) is 0 Å². The van der Waals surface area contributed by atoms with Crippen LogP contribution < -0.4 is 4.90 Å². The van der Waals surface area contributed by atoms with Crippen LogP contribution in [0, 0.1) is 0 Å². The summed E-state index contributed by atoms with van der Waals surface area (Å²) < 4.78 is 13.6. The Labute approximate surface area is 174 Å². The molecule has 5 heteroatoms. The van der Waals surface area contributed by atoms with E-state index >= 15 is 0 Å². The molecule has 2 aliphatic heterocycles. The van der Waals surface area contributed by atoms with Crippen LogP contribution >= 0.6 is 11.8 Å². The number of fused-ring (bicyclic) bond motifs is 3. The number of hydrogen-bond donors (Lipinski definition) is 0. The SMILES string of the molecule is CC[Si](CC)(CC)O[C@@]12CCO[C@H]1N(CSc1ccccc1)c1ccccc12. The van der Waals surface area contributed by atoms with Crippen LogP contribution in [0.5, 0.6) is 0 Å². The van der Waals surface area contributed by atoms with Gasteiger partial charge in [0.15, 0.2) is 14.5 Å². The summed E-state index contributed by atoms with van der Waals surface area (Å²) in [6.45, 7) is 7.70. The summed E-state index contributed by atoms with van der Waals surface area (Å²) >= 11 is 1.87. The second-order valence-electron chi connectivity index (χ2n) is 7.78. The predicted octanol–water partition coefficient (Wildman–Crippen LogP) is 6.22. The fourth-order valence-electron chi connectivity index (χ4n) is 4.71. The number of ether oxygens (including phenoxy) is 1. The lowest BCUT2D eigenvalue weighted by Gasteiger charge is -2.41. The highest BCUT2D eigenvalue weighted by Crippen LogP contribution is 2.54. The Bertz CT molecular complexity index is 790. The molecule has 2 aliphatic rings. The van der Waals surface area contributed by atoms with Crippen molar-refractivity contribution in [3.63, 3.8) is 0 Å². The van der Waals surface area contributed by atoms with E-state index in [-0.39, 0.29) is 11.8 Å². The van der Waals surface area contributed by atoms with Crippen LogP contribution in [-0.2, 0) is 14.8 Å². The number of rotatable bonds is 8. The standard InChI is InChI=1S/C23H31NO2SSi/c1-4-28(5-2,6-3)26-23-16-17-25-22(23)24(21-15-11-10-14-20(21)23)18-27-19-12-8-7-9-13-19/h7-15,22H,4-6,16-18H2,1-3H3/t22-,23-/m1/s1. The van der Waals surface area contributed by atoms with E-state index in [9.17, 15) is 0 Å². The van der Waals surface area contributed by atoms with E-state index in [1.165, 1.54) is 16.1 Å². The maximum atomic E-state index is 7.23. The lowest BCUT2D eigenvalue weighted by atomic mass is 9.93. The van der Waals surface area contributed by atoms with Gasteiger partial charge < -0.3 is 14.1 Å². The van der Waals surface area contributed by atoms with Gasteiger partial charge in [-0.2, -0.15) is 0 Å². The molecule has 2 aromatic carbocycles. The van der Waals surface area contributed by atoms with Gasteiger partial charge in [0.05, 0.1) is 12.5 Å². The van der Waals surface area contributed by atoms with Gasteiger partial charge in [0.2, 0.25) is 0 Å². The summed E-state index contributed by atoms with van der Waals surface area (Å²) in [6, 6.07) is 22.9. The molecular weight excluding hydrogens is 382 g/mol. The minimum atomic E-state index is -1.78. The van der Waals surface area contributed by atoms with E-state index in [1.807, 2.05) is 11.8 Å². The number of nitrogens with zero attached hydrogens (tertiary/aromatic N) is 1. The number of hydrogen-bond acceptors (Lipinski definition) is 4. The van der Waals surface area contributed by atoms with Crippen LogP contribution in [0.2, 0.25) is 18.1 Å². The molecule has 0 unspecified atom stereocenters. The van der Waals surface area contributed by atoms with Crippen LogP contribution in [0.3, 0.4) is 0 Å². The van der Waals surface area contributed by atoms with Crippen molar-refractivity contribution in [2.45, 2.75) is 62.0 Å². The van der Waals surface area contributed by atoms with Gasteiger partial charge in [-0.05, 0) is 36.3 Å². The first-order valence-corrected chi connectivity index (χ1v) is 14.1. The zero-order valence-corrected chi connectivity index (χ0v) is 19.0. The molecule has 150 valence electrons. The average Bonchev–Trinajstić information content (AvgIpc) is 3.27. The summed E-state index contributed by atoms with van der Waals surface area (Å²) in [7, 11) is -1.78. The third-order valence-electron chi connectivity index (χ3n) is 6.55. The molecule has 0 saturated carbocycles. The molecule has 2 atom stereocenters. The van der Waals surface area contributed by atoms with E-state index in [4.69, 9.17) is 9.16 Å². The normalized spacial score (nSPS) is 23.7. The molecule has 0 aromatic heterocycles. The van der Waals surface area contributed by atoms with Gasteiger partial charge in [-0.25, -0.2) is 0 Å². The van der Waals surface area contributed by atoms with Gasteiger partial charge >= 0.3 is 0 Å². The monoisotopic (exact) mass is 413 g/mol. The predicted molar refractivity (Wildman–Crippen MR) is 120 cm³/mol. The highest BCUT2D eigenvalue weighted by Gasteiger charge is 2.58. The summed E-state index contributed by atoms with van der Waals surface area (Å²) in [5.74, 6) is 0.871. The number of thioether (sulfide) groups is 1. The summed E-state index contributed by atoms with van der Waals surface area (Å²) in [5, 5.41) is 0. The highest BCUT2D eigenvalue weighted by atomic mass is 32.2. The fraction of sp³-hybridized carbons (Fsp3) is 0.478. The van der Waals surface area contributed by atoms with Gasteiger partial charge in [0, 0.05) is 22.6 Å². The molecule has 1 saturated heterocycles. The Morgan fingerprint density at radius 3 is 2.43 bits per heavy atom. The minimum absolute atomic E-state index is 0.0161. The molecule has 1 fully saturated rings. The Morgan fingerprint density at radius 2 is 1.71 bits per heavy atom. The largest absolute Gasteiger partial charge is 0.403 e. The third kappa shape index (κ3) is 3.32. The van der Waals surface area contributed by atoms with Gasteiger partial charge in [-0.15, -0.1) is 11.8 Å². The molecule has 0 aliphatic carbocycles. The van der Waals surface area contributed by atoms with Crippen molar-refractivity contribution < 1.29 is 9.16 Å². The van der Waals surface area contributed by atoms with E-state index in [0.717, 1.165) is 37.0 Å². The van der Waals surface area contributed by atoms with E-state index < -0.39 is 8.32 Å². The van der Waals surface area contributed by atoms with Crippen molar-refractivity contribution in [2.24, 2.45) is 0 Å². The second kappa shape index (κ2) is 8.23. The fourth-order valence-corrected chi connectivity index (χ4v) is 8.64. The third-order valence-corrected chi connectivity index (χ3v) is 12.2. The van der Waals surface area contributed by atoms with Gasteiger partial charge in [-0.1, -0.05) is 57.2 Å². The van der Waals surface area contributed by atoms with Gasteiger partial charge in [-0.3, -0.25) is 0 Å². The van der Waals surface area contributed by atoms with Gasteiger partial charge in [0.25, 0.3) is 0 Å². The highest BCUT2D eigenvalue weighted by molar-refractivity contribution is 7.99. The smallest absolute Gasteiger partial charge is 0.193 e. The lowest BCUT2D eigenvalue weighted by Crippen LogP contribution is -2.51. The summed E-state index contributed by atoms with van der Waals surface area (Å²) in [4.78, 5) is 3.72. The Kier molecular flexibility index (Phi) is 5.88. The number of para-hydroxylation sites is 1.